The van der Waals surface area contributed by atoms with E-state index in [1.165, 1.54) is 43.8 Å². The van der Waals surface area contributed by atoms with E-state index in [1.54, 1.807) is 0 Å². The maximum atomic E-state index is 6.22. The van der Waals surface area contributed by atoms with Crippen LogP contribution >= 0.6 is 0 Å². The number of benzene rings is 9. The molecule has 1 aromatic heterocycles. The van der Waals surface area contributed by atoms with Gasteiger partial charge in [0.25, 0.3) is 0 Å². The minimum absolute atomic E-state index is 0.904. The minimum Gasteiger partial charge on any atom is -0.456 e. The van der Waals surface area contributed by atoms with E-state index in [-0.39, 0.29) is 0 Å². The topological polar surface area (TPSA) is 16.4 Å². The van der Waals surface area contributed by atoms with Gasteiger partial charge >= 0.3 is 0 Å². The molecule has 0 spiro atoms. The minimum atomic E-state index is 0.904. The van der Waals surface area contributed by atoms with Crippen molar-refractivity contribution in [2.45, 2.75) is 0 Å². The fraction of sp³-hybridized carbons (Fsp3) is 0. The van der Waals surface area contributed by atoms with Crippen molar-refractivity contribution in [3.05, 3.63) is 200 Å². The van der Waals surface area contributed by atoms with Crippen LogP contribution < -0.4 is 4.90 Å². The second kappa shape index (κ2) is 12.5. The van der Waals surface area contributed by atoms with Crippen LogP contribution in [0.15, 0.2) is 205 Å². The lowest BCUT2D eigenvalue weighted by Crippen LogP contribution is -2.10. The molecule has 0 N–H and O–H groups in total. The van der Waals surface area contributed by atoms with Gasteiger partial charge in [-0.2, -0.15) is 0 Å². The normalized spacial score (nSPS) is 11.5. The van der Waals surface area contributed by atoms with Gasteiger partial charge in [-0.1, -0.05) is 146 Å². The summed E-state index contributed by atoms with van der Waals surface area (Å²) >= 11 is 0. The van der Waals surface area contributed by atoms with Gasteiger partial charge in [-0.3, -0.25) is 0 Å². The Hall–Kier alpha value is -6.90. The summed E-state index contributed by atoms with van der Waals surface area (Å²) in [4.78, 5) is 2.38. The van der Waals surface area contributed by atoms with Crippen molar-refractivity contribution in [2.75, 3.05) is 4.90 Å². The van der Waals surface area contributed by atoms with Crippen LogP contribution in [-0.2, 0) is 0 Å². The third kappa shape index (κ3) is 5.21. The summed E-state index contributed by atoms with van der Waals surface area (Å²) in [5, 5.41) is 7.21. The number of para-hydroxylation sites is 1. The van der Waals surface area contributed by atoms with Crippen molar-refractivity contribution in [3.63, 3.8) is 0 Å². The summed E-state index contributed by atoms with van der Waals surface area (Å²) in [5.41, 5.74) is 12.2. The lowest BCUT2D eigenvalue weighted by atomic mass is 9.95. The number of anilines is 3. The number of furan rings is 1. The third-order valence-corrected chi connectivity index (χ3v) is 10.2. The molecule has 0 aliphatic carbocycles. The Labute approximate surface area is 302 Å². The number of fused-ring (bicyclic) bond motifs is 5. The fourth-order valence-corrected chi connectivity index (χ4v) is 7.71. The van der Waals surface area contributed by atoms with Crippen molar-refractivity contribution in [2.24, 2.45) is 0 Å². The van der Waals surface area contributed by atoms with E-state index < -0.39 is 0 Å². The van der Waals surface area contributed by atoms with Crippen LogP contribution in [0.4, 0.5) is 17.1 Å². The zero-order valence-corrected chi connectivity index (χ0v) is 28.4. The predicted molar refractivity (Wildman–Crippen MR) is 220 cm³/mol. The molecule has 0 aliphatic heterocycles. The van der Waals surface area contributed by atoms with E-state index in [9.17, 15) is 0 Å². The molecule has 0 saturated heterocycles. The van der Waals surface area contributed by atoms with Gasteiger partial charge in [-0.15, -0.1) is 0 Å². The number of rotatable bonds is 6. The molecule has 2 heteroatoms. The molecule has 2 nitrogen and oxygen atoms in total. The summed E-state index contributed by atoms with van der Waals surface area (Å²) in [6.07, 6.45) is 0. The standard InChI is InChI=1S/C50H33NO/c1-3-19-43-35(11-1)13-9-22-44(43)40-17-7-15-37(31-40)38-16-8-18-42(32-38)51(48-23-10-14-36-12-2-4-20-45(36)48)41-28-25-34(26-29-41)39-27-30-47-46-21-5-6-24-49(46)52-50(47)33-39/h1-33H. The second-order valence-electron chi connectivity index (χ2n) is 13.3. The molecule has 0 fully saturated rings. The van der Waals surface area contributed by atoms with E-state index >= 15 is 0 Å². The number of hydrogen-bond acceptors (Lipinski definition) is 2. The summed E-state index contributed by atoms with van der Waals surface area (Å²) in [6, 6.07) is 71.8. The molecule has 0 amide bonds. The van der Waals surface area contributed by atoms with Crippen molar-refractivity contribution < 1.29 is 4.42 Å². The number of nitrogens with zero attached hydrogens (tertiary/aromatic N) is 1. The van der Waals surface area contributed by atoms with Gasteiger partial charge in [0, 0.05) is 27.5 Å². The molecule has 52 heavy (non-hydrogen) atoms. The fourth-order valence-electron chi connectivity index (χ4n) is 7.71. The summed E-state index contributed by atoms with van der Waals surface area (Å²) in [7, 11) is 0. The van der Waals surface area contributed by atoms with Crippen molar-refractivity contribution in [3.8, 4) is 33.4 Å². The maximum absolute atomic E-state index is 6.22. The first-order valence-electron chi connectivity index (χ1n) is 17.8. The smallest absolute Gasteiger partial charge is 0.136 e. The zero-order chi connectivity index (χ0) is 34.4. The van der Waals surface area contributed by atoms with E-state index in [0.717, 1.165) is 50.1 Å². The van der Waals surface area contributed by atoms with Crippen LogP contribution in [0, 0.1) is 0 Å². The van der Waals surface area contributed by atoms with Crippen LogP contribution in [0.1, 0.15) is 0 Å². The Morgan fingerprint density at radius 1 is 0.308 bits per heavy atom. The molecule has 0 atom stereocenters. The molecular formula is C50H33NO. The van der Waals surface area contributed by atoms with Crippen LogP contribution in [0.3, 0.4) is 0 Å². The highest BCUT2D eigenvalue weighted by atomic mass is 16.3. The van der Waals surface area contributed by atoms with Crippen molar-refractivity contribution in [1.82, 2.24) is 0 Å². The zero-order valence-electron chi connectivity index (χ0n) is 28.4. The summed E-state index contributed by atoms with van der Waals surface area (Å²) < 4.78 is 6.22. The molecular weight excluding hydrogens is 631 g/mol. The molecule has 10 aromatic rings. The largest absolute Gasteiger partial charge is 0.456 e. The quantitative estimate of drug-likeness (QED) is 0.176. The monoisotopic (exact) mass is 663 g/mol. The van der Waals surface area contributed by atoms with Gasteiger partial charge in [0.1, 0.15) is 11.2 Å². The molecule has 1 heterocycles. The molecule has 9 aromatic carbocycles. The van der Waals surface area contributed by atoms with Crippen molar-refractivity contribution >= 4 is 60.5 Å². The predicted octanol–water partition coefficient (Wildman–Crippen LogP) is 14.4. The van der Waals surface area contributed by atoms with E-state index in [2.05, 4.69) is 193 Å². The Morgan fingerprint density at radius 3 is 1.73 bits per heavy atom. The van der Waals surface area contributed by atoms with Crippen LogP contribution in [0.5, 0.6) is 0 Å². The average Bonchev–Trinajstić information content (AvgIpc) is 3.59. The first-order chi connectivity index (χ1) is 25.8. The van der Waals surface area contributed by atoms with E-state index in [0.29, 0.717) is 0 Å². The van der Waals surface area contributed by atoms with Gasteiger partial charge in [-0.25, -0.2) is 0 Å². The first kappa shape index (κ1) is 30.0. The molecule has 0 saturated carbocycles. The molecule has 10 rings (SSSR count). The lowest BCUT2D eigenvalue weighted by molar-refractivity contribution is 0.669. The second-order valence-corrected chi connectivity index (χ2v) is 13.3. The average molecular weight is 664 g/mol. The van der Waals surface area contributed by atoms with Crippen molar-refractivity contribution in [1.29, 1.82) is 0 Å². The molecule has 0 unspecified atom stereocenters. The van der Waals surface area contributed by atoms with Gasteiger partial charge in [0.15, 0.2) is 0 Å². The van der Waals surface area contributed by atoms with Gasteiger partial charge in [-0.05, 0) is 104 Å². The van der Waals surface area contributed by atoms with Gasteiger partial charge in [0.2, 0.25) is 0 Å². The van der Waals surface area contributed by atoms with E-state index in [1.807, 2.05) is 12.1 Å². The molecule has 0 bridgehead atoms. The molecule has 244 valence electrons. The van der Waals surface area contributed by atoms with E-state index in [4.69, 9.17) is 4.42 Å². The van der Waals surface area contributed by atoms with Gasteiger partial charge in [0.05, 0.1) is 5.69 Å². The Kier molecular flexibility index (Phi) is 7.18. The highest BCUT2D eigenvalue weighted by molar-refractivity contribution is 6.06. The molecule has 0 radical (unpaired) electrons. The Bertz CT molecular complexity index is 2910. The third-order valence-electron chi connectivity index (χ3n) is 10.2. The lowest BCUT2D eigenvalue weighted by Gasteiger charge is -2.27. The highest BCUT2D eigenvalue weighted by Gasteiger charge is 2.17. The highest BCUT2D eigenvalue weighted by Crippen LogP contribution is 2.42. The van der Waals surface area contributed by atoms with Gasteiger partial charge < -0.3 is 9.32 Å². The number of hydrogen-bond donors (Lipinski definition) is 0. The summed E-state index contributed by atoms with van der Waals surface area (Å²) in [6.45, 7) is 0. The maximum Gasteiger partial charge on any atom is 0.136 e. The Balaban J connectivity index is 1.07. The van der Waals surface area contributed by atoms with Crippen LogP contribution in [0.25, 0.3) is 76.9 Å². The first-order valence-corrected chi connectivity index (χ1v) is 17.8. The SMILES string of the molecule is c1cc(-c2cccc(N(c3ccc(-c4ccc5c(c4)oc4ccccc45)cc3)c3cccc4ccccc34)c2)cc(-c2cccc3ccccc23)c1. The Morgan fingerprint density at radius 2 is 0.885 bits per heavy atom. The molecule has 0 aliphatic rings. The van der Waals surface area contributed by atoms with Crippen LogP contribution in [-0.4, -0.2) is 0 Å². The van der Waals surface area contributed by atoms with Crippen LogP contribution in [0.2, 0.25) is 0 Å². The summed E-state index contributed by atoms with van der Waals surface area (Å²) in [5.74, 6) is 0.